The van der Waals surface area contributed by atoms with Crippen molar-refractivity contribution in [1.82, 2.24) is 19.4 Å². The molecule has 0 bridgehead atoms. The number of aromatic nitrogens is 2. The molecule has 1 saturated heterocycles. The summed E-state index contributed by atoms with van der Waals surface area (Å²) in [5.74, 6) is -0.246. The lowest BCUT2D eigenvalue weighted by atomic mass is 9.98. The van der Waals surface area contributed by atoms with Gasteiger partial charge in [0, 0.05) is 26.7 Å². The highest BCUT2D eigenvalue weighted by atomic mass is 32.2. The van der Waals surface area contributed by atoms with Gasteiger partial charge in [-0.2, -0.15) is 9.40 Å². The normalized spacial score (nSPS) is 20.1. The summed E-state index contributed by atoms with van der Waals surface area (Å²) in [6.07, 6.45) is 1.43. The van der Waals surface area contributed by atoms with Crippen molar-refractivity contribution in [2.75, 3.05) is 26.7 Å². The van der Waals surface area contributed by atoms with E-state index in [2.05, 4.69) is 10.2 Å². The minimum atomic E-state index is -3.61. The second kappa shape index (κ2) is 6.37. The van der Waals surface area contributed by atoms with Gasteiger partial charge in [-0.3, -0.25) is 9.89 Å². The van der Waals surface area contributed by atoms with E-state index in [-0.39, 0.29) is 23.3 Å². The van der Waals surface area contributed by atoms with E-state index in [4.69, 9.17) is 0 Å². The van der Waals surface area contributed by atoms with Crippen molar-refractivity contribution in [2.24, 2.45) is 5.92 Å². The number of carbonyl (C=O) groups excluding carboxylic acids is 1. The average molecular weight is 328 g/mol. The maximum absolute atomic E-state index is 12.8. The van der Waals surface area contributed by atoms with Crippen LogP contribution < -0.4 is 0 Å². The summed E-state index contributed by atoms with van der Waals surface area (Å²) in [6.45, 7) is 6.61. The van der Waals surface area contributed by atoms with Gasteiger partial charge in [-0.05, 0) is 33.6 Å². The fourth-order valence-corrected chi connectivity index (χ4v) is 4.74. The zero-order valence-corrected chi connectivity index (χ0v) is 14.4. The second-order valence-electron chi connectivity index (χ2n) is 5.82. The molecule has 1 N–H and O–H groups in total. The molecule has 0 aromatic carbocycles. The lowest BCUT2D eigenvalue weighted by Gasteiger charge is -2.33. The Morgan fingerprint density at radius 2 is 2.14 bits per heavy atom. The number of piperidine rings is 1. The van der Waals surface area contributed by atoms with Gasteiger partial charge in [0.1, 0.15) is 4.90 Å². The van der Waals surface area contributed by atoms with Gasteiger partial charge in [-0.1, -0.05) is 0 Å². The predicted molar refractivity (Wildman–Crippen MR) is 82.9 cm³/mol. The van der Waals surface area contributed by atoms with Gasteiger partial charge < -0.3 is 4.90 Å². The van der Waals surface area contributed by atoms with E-state index in [1.54, 1.807) is 25.8 Å². The number of nitrogens with zero attached hydrogens (tertiary/aromatic N) is 3. The Morgan fingerprint density at radius 1 is 1.45 bits per heavy atom. The molecule has 8 heteroatoms. The smallest absolute Gasteiger partial charge is 0.246 e. The van der Waals surface area contributed by atoms with E-state index in [0.29, 0.717) is 30.9 Å². The number of rotatable bonds is 4. The highest BCUT2D eigenvalue weighted by Gasteiger charge is 2.36. The van der Waals surface area contributed by atoms with Crippen LogP contribution in [0.15, 0.2) is 4.90 Å². The summed E-state index contributed by atoms with van der Waals surface area (Å²) in [7, 11) is -1.86. The molecule has 0 spiro atoms. The molecule has 0 unspecified atom stereocenters. The number of carbonyl (C=O) groups is 1. The van der Waals surface area contributed by atoms with Gasteiger partial charge in [-0.15, -0.1) is 0 Å². The molecule has 7 nitrogen and oxygen atoms in total. The van der Waals surface area contributed by atoms with Crippen molar-refractivity contribution >= 4 is 15.9 Å². The molecule has 22 heavy (non-hydrogen) atoms. The highest BCUT2D eigenvalue weighted by molar-refractivity contribution is 7.89. The number of aromatic amines is 1. The van der Waals surface area contributed by atoms with Crippen LogP contribution in [0.4, 0.5) is 0 Å². The lowest BCUT2D eigenvalue weighted by Crippen LogP contribution is -2.45. The molecule has 1 atom stereocenters. The van der Waals surface area contributed by atoms with Gasteiger partial charge in [0.15, 0.2) is 0 Å². The minimum Gasteiger partial charge on any atom is -0.346 e. The van der Waals surface area contributed by atoms with Crippen molar-refractivity contribution < 1.29 is 13.2 Å². The van der Waals surface area contributed by atoms with Crippen LogP contribution in [-0.4, -0.2) is 60.4 Å². The van der Waals surface area contributed by atoms with Crippen LogP contribution in [0.25, 0.3) is 0 Å². The molecule has 0 aliphatic carbocycles. The number of aryl methyl sites for hydroxylation is 2. The van der Waals surface area contributed by atoms with Gasteiger partial charge >= 0.3 is 0 Å². The first-order chi connectivity index (χ1) is 10.3. The van der Waals surface area contributed by atoms with Crippen LogP contribution >= 0.6 is 0 Å². The molecule has 2 heterocycles. The van der Waals surface area contributed by atoms with Crippen molar-refractivity contribution in [3.05, 3.63) is 11.4 Å². The van der Waals surface area contributed by atoms with Crippen molar-refractivity contribution in [1.29, 1.82) is 0 Å². The molecule has 1 aromatic heterocycles. The molecule has 124 valence electrons. The molecule has 1 aliphatic rings. The number of H-pyrrole nitrogens is 1. The van der Waals surface area contributed by atoms with Crippen LogP contribution in [0.1, 0.15) is 31.2 Å². The summed E-state index contributed by atoms with van der Waals surface area (Å²) in [6, 6.07) is 0. The van der Waals surface area contributed by atoms with Gasteiger partial charge in [0.2, 0.25) is 15.9 Å². The lowest BCUT2D eigenvalue weighted by molar-refractivity contribution is -0.135. The van der Waals surface area contributed by atoms with Crippen LogP contribution in [-0.2, 0) is 14.8 Å². The SMILES string of the molecule is CCN(C)C(=O)[C@@H]1CCCN(S(=O)(=O)c2c(C)n[nH]c2C)C1. The molecule has 2 rings (SSSR count). The first-order valence-corrected chi connectivity index (χ1v) is 8.99. The van der Waals surface area contributed by atoms with Crippen LogP contribution in [0, 0.1) is 19.8 Å². The Labute approximate surface area is 131 Å². The highest BCUT2D eigenvalue weighted by Crippen LogP contribution is 2.27. The zero-order chi connectivity index (χ0) is 16.5. The first kappa shape index (κ1) is 17.0. The van der Waals surface area contributed by atoms with E-state index in [1.807, 2.05) is 6.92 Å². The van der Waals surface area contributed by atoms with E-state index in [0.717, 1.165) is 6.42 Å². The summed E-state index contributed by atoms with van der Waals surface area (Å²) >= 11 is 0. The fourth-order valence-electron chi connectivity index (χ4n) is 2.88. The Hall–Kier alpha value is -1.41. The Bertz CT molecular complexity index is 634. The van der Waals surface area contributed by atoms with Gasteiger partial charge in [0.05, 0.1) is 17.3 Å². The number of sulfonamides is 1. The second-order valence-corrected chi connectivity index (χ2v) is 7.69. The summed E-state index contributed by atoms with van der Waals surface area (Å²) in [5, 5.41) is 6.68. The Balaban J connectivity index is 2.24. The molecule has 1 aliphatic heterocycles. The maximum Gasteiger partial charge on any atom is 0.246 e. The Kier molecular flexibility index (Phi) is 4.91. The number of hydrogen-bond acceptors (Lipinski definition) is 4. The quantitative estimate of drug-likeness (QED) is 0.890. The third-order valence-corrected chi connectivity index (χ3v) is 6.37. The maximum atomic E-state index is 12.8. The first-order valence-electron chi connectivity index (χ1n) is 7.55. The van der Waals surface area contributed by atoms with Crippen molar-refractivity contribution in [3.8, 4) is 0 Å². The van der Waals surface area contributed by atoms with Gasteiger partial charge in [0.25, 0.3) is 0 Å². The standard InChI is InChI=1S/C14H24N4O3S/c1-5-17(4)14(19)12-7-6-8-18(9-12)22(20,21)13-10(2)15-16-11(13)3/h12H,5-9H2,1-4H3,(H,15,16)/t12-/m1/s1. The van der Waals surface area contributed by atoms with Crippen molar-refractivity contribution in [3.63, 3.8) is 0 Å². The minimum absolute atomic E-state index is 0.0167. The topological polar surface area (TPSA) is 86.4 Å². The van der Waals surface area contributed by atoms with Crippen LogP contribution in [0.2, 0.25) is 0 Å². The largest absolute Gasteiger partial charge is 0.346 e. The summed E-state index contributed by atoms with van der Waals surface area (Å²) < 4.78 is 27.1. The predicted octanol–water partition coefficient (Wildman–Crippen LogP) is 0.906. The molecule has 1 aromatic rings. The van der Waals surface area contributed by atoms with Crippen LogP contribution in [0.3, 0.4) is 0 Å². The van der Waals surface area contributed by atoms with E-state index in [9.17, 15) is 13.2 Å². The molecular formula is C14H24N4O3S. The van der Waals surface area contributed by atoms with Crippen molar-refractivity contribution in [2.45, 2.75) is 38.5 Å². The van der Waals surface area contributed by atoms with E-state index < -0.39 is 10.0 Å². The summed E-state index contributed by atoms with van der Waals surface area (Å²) in [4.78, 5) is 14.2. The molecule has 1 fully saturated rings. The number of hydrogen-bond donors (Lipinski definition) is 1. The molecule has 0 saturated carbocycles. The monoisotopic (exact) mass is 328 g/mol. The van der Waals surface area contributed by atoms with E-state index in [1.165, 1.54) is 4.31 Å². The van der Waals surface area contributed by atoms with E-state index >= 15 is 0 Å². The zero-order valence-electron chi connectivity index (χ0n) is 13.6. The molecule has 1 amide bonds. The number of amides is 1. The Morgan fingerprint density at radius 3 is 2.68 bits per heavy atom. The average Bonchev–Trinajstić information content (AvgIpc) is 2.85. The third-order valence-electron chi connectivity index (χ3n) is 4.24. The third kappa shape index (κ3) is 3.03. The summed E-state index contributed by atoms with van der Waals surface area (Å²) in [5.41, 5.74) is 1.01. The number of nitrogens with one attached hydrogen (secondary N) is 1. The fraction of sp³-hybridized carbons (Fsp3) is 0.714. The molecule has 0 radical (unpaired) electrons. The van der Waals surface area contributed by atoms with Gasteiger partial charge in [-0.25, -0.2) is 8.42 Å². The molecular weight excluding hydrogens is 304 g/mol. The van der Waals surface area contributed by atoms with Crippen LogP contribution in [0.5, 0.6) is 0 Å².